The van der Waals surface area contributed by atoms with Gasteiger partial charge in [-0.1, -0.05) is 20.8 Å². The summed E-state index contributed by atoms with van der Waals surface area (Å²) in [4.78, 5) is 22.1. The molecule has 0 fully saturated rings. The molecule has 1 atom stereocenters. The van der Waals surface area contributed by atoms with E-state index in [9.17, 15) is 9.59 Å². The number of unbranched alkanes of at least 4 members (excludes halogenated alkanes) is 1. The molecular formula is C11H23N3O2. The summed E-state index contributed by atoms with van der Waals surface area (Å²) >= 11 is 0. The largest absolute Gasteiger partial charge is 0.352 e. The van der Waals surface area contributed by atoms with Crippen molar-refractivity contribution >= 4 is 11.8 Å². The molecule has 0 saturated carbocycles. The van der Waals surface area contributed by atoms with Crippen LogP contribution in [0.1, 0.15) is 40.0 Å². The summed E-state index contributed by atoms with van der Waals surface area (Å²) in [7, 11) is 0. The molecule has 16 heavy (non-hydrogen) atoms. The van der Waals surface area contributed by atoms with Gasteiger partial charge in [0.1, 0.15) is 0 Å². The minimum Gasteiger partial charge on any atom is -0.352 e. The second kappa shape index (κ2) is 6.48. The minimum absolute atomic E-state index is 0.0790. The Balaban J connectivity index is 3.70. The minimum atomic E-state index is -0.518. The Morgan fingerprint density at radius 2 is 1.81 bits per heavy atom. The quantitative estimate of drug-likeness (QED) is 0.586. The van der Waals surface area contributed by atoms with Gasteiger partial charge < -0.3 is 16.8 Å². The molecule has 94 valence electrons. The highest BCUT2D eigenvalue weighted by Crippen LogP contribution is 2.18. The predicted octanol–water partition coefficient (Wildman–Crippen LogP) is 0.768. The first-order valence-corrected chi connectivity index (χ1v) is 5.58. The van der Waals surface area contributed by atoms with Gasteiger partial charge in [0.2, 0.25) is 0 Å². The SMILES string of the molecule is CC(C)(C)C(=O)[C@@H](N)CCCCNC(N)=O. The normalized spacial score (nSPS) is 13.2. The van der Waals surface area contributed by atoms with Crippen molar-refractivity contribution in [2.24, 2.45) is 16.9 Å². The first-order chi connectivity index (χ1) is 7.25. The van der Waals surface area contributed by atoms with Crippen LogP contribution >= 0.6 is 0 Å². The number of urea groups is 1. The molecule has 5 nitrogen and oxygen atoms in total. The Morgan fingerprint density at radius 3 is 2.25 bits per heavy atom. The molecule has 0 saturated heterocycles. The lowest BCUT2D eigenvalue weighted by molar-refractivity contribution is -0.127. The van der Waals surface area contributed by atoms with Crippen molar-refractivity contribution < 1.29 is 9.59 Å². The number of nitrogens with two attached hydrogens (primary N) is 2. The van der Waals surface area contributed by atoms with Gasteiger partial charge in [-0.2, -0.15) is 0 Å². The Labute approximate surface area is 96.9 Å². The zero-order valence-electron chi connectivity index (χ0n) is 10.4. The van der Waals surface area contributed by atoms with Crippen LogP contribution in [0.4, 0.5) is 4.79 Å². The van der Waals surface area contributed by atoms with Crippen LogP contribution in [0, 0.1) is 5.41 Å². The number of hydrogen-bond acceptors (Lipinski definition) is 3. The number of amides is 2. The van der Waals surface area contributed by atoms with Crippen LogP contribution in [0.15, 0.2) is 0 Å². The van der Waals surface area contributed by atoms with E-state index >= 15 is 0 Å². The van der Waals surface area contributed by atoms with Gasteiger partial charge >= 0.3 is 6.03 Å². The molecule has 5 heteroatoms. The van der Waals surface area contributed by atoms with Crippen molar-refractivity contribution in [3.63, 3.8) is 0 Å². The summed E-state index contributed by atoms with van der Waals surface area (Å²) in [5, 5.41) is 2.49. The van der Waals surface area contributed by atoms with Crippen LogP contribution in [0.5, 0.6) is 0 Å². The van der Waals surface area contributed by atoms with E-state index in [1.165, 1.54) is 0 Å². The van der Waals surface area contributed by atoms with Gasteiger partial charge in [-0.15, -0.1) is 0 Å². The van der Waals surface area contributed by atoms with E-state index in [2.05, 4.69) is 5.32 Å². The third-order valence-electron chi connectivity index (χ3n) is 2.32. The van der Waals surface area contributed by atoms with Crippen molar-refractivity contribution in [2.75, 3.05) is 6.54 Å². The summed E-state index contributed by atoms with van der Waals surface area (Å²) in [5.41, 5.74) is 10.3. The Hall–Kier alpha value is -1.10. The molecule has 0 aliphatic carbocycles. The van der Waals surface area contributed by atoms with E-state index in [1.54, 1.807) is 0 Å². The van der Waals surface area contributed by atoms with E-state index < -0.39 is 12.1 Å². The third kappa shape index (κ3) is 6.40. The highest BCUT2D eigenvalue weighted by molar-refractivity contribution is 5.88. The fourth-order valence-electron chi connectivity index (χ4n) is 1.39. The molecule has 0 unspecified atom stereocenters. The number of rotatable bonds is 6. The fourth-order valence-corrected chi connectivity index (χ4v) is 1.39. The van der Waals surface area contributed by atoms with Gasteiger partial charge in [-0.05, 0) is 19.3 Å². The van der Waals surface area contributed by atoms with Gasteiger partial charge in [-0.3, -0.25) is 4.79 Å². The van der Waals surface area contributed by atoms with E-state index in [0.29, 0.717) is 13.0 Å². The lowest BCUT2D eigenvalue weighted by Gasteiger charge is -2.21. The molecule has 0 aliphatic rings. The monoisotopic (exact) mass is 229 g/mol. The summed E-state index contributed by atoms with van der Waals surface area (Å²) in [6.45, 7) is 6.13. The Bertz CT molecular complexity index is 246. The van der Waals surface area contributed by atoms with Crippen LogP contribution in [0.2, 0.25) is 0 Å². The van der Waals surface area contributed by atoms with Crippen molar-refractivity contribution in [1.82, 2.24) is 5.32 Å². The molecule has 0 radical (unpaired) electrons. The molecule has 0 aromatic heterocycles. The maximum Gasteiger partial charge on any atom is 0.312 e. The van der Waals surface area contributed by atoms with Crippen LogP contribution in [0.3, 0.4) is 0 Å². The molecule has 0 aromatic rings. The molecule has 5 N–H and O–H groups in total. The first kappa shape index (κ1) is 14.9. The van der Waals surface area contributed by atoms with Gasteiger partial charge in [-0.25, -0.2) is 4.79 Å². The maximum atomic E-state index is 11.7. The zero-order chi connectivity index (χ0) is 12.8. The van der Waals surface area contributed by atoms with Gasteiger partial charge in [0.25, 0.3) is 0 Å². The van der Waals surface area contributed by atoms with Crippen LogP contribution < -0.4 is 16.8 Å². The van der Waals surface area contributed by atoms with Crippen LogP contribution in [-0.4, -0.2) is 24.4 Å². The second-order valence-corrected chi connectivity index (χ2v) is 5.01. The highest BCUT2D eigenvalue weighted by Gasteiger charge is 2.26. The van der Waals surface area contributed by atoms with E-state index in [4.69, 9.17) is 11.5 Å². The molecule has 0 aromatic carbocycles. The molecule has 0 aliphatic heterocycles. The van der Waals surface area contributed by atoms with E-state index in [1.807, 2.05) is 20.8 Å². The van der Waals surface area contributed by atoms with Gasteiger partial charge in [0, 0.05) is 12.0 Å². The van der Waals surface area contributed by atoms with Crippen molar-refractivity contribution in [3.05, 3.63) is 0 Å². The third-order valence-corrected chi connectivity index (χ3v) is 2.32. The average Bonchev–Trinajstić information content (AvgIpc) is 2.13. The van der Waals surface area contributed by atoms with E-state index in [-0.39, 0.29) is 11.2 Å². The van der Waals surface area contributed by atoms with Gasteiger partial charge in [0.15, 0.2) is 5.78 Å². The summed E-state index contributed by atoms with van der Waals surface area (Å²) in [5.74, 6) is 0.0790. The van der Waals surface area contributed by atoms with Crippen molar-refractivity contribution in [2.45, 2.75) is 46.1 Å². The molecule has 0 heterocycles. The zero-order valence-corrected chi connectivity index (χ0v) is 10.4. The smallest absolute Gasteiger partial charge is 0.312 e. The molecule has 0 spiro atoms. The average molecular weight is 229 g/mol. The number of carbonyl (C=O) groups is 2. The van der Waals surface area contributed by atoms with E-state index in [0.717, 1.165) is 12.8 Å². The number of primary amides is 1. The van der Waals surface area contributed by atoms with Crippen LogP contribution in [0.25, 0.3) is 0 Å². The highest BCUT2D eigenvalue weighted by atomic mass is 16.2. The fraction of sp³-hybridized carbons (Fsp3) is 0.818. The Morgan fingerprint density at radius 1 is 1.25 bits per heavy atom. The number of hydrogen-bond donors (Lipinski definition) is 3. The van der Waals surface area contributed by atoms with Crippen molar-refractivity contribution in [3.8, 4) is 0 Å². The van der Waals surface area contributed by atoms with Crippen molar-refractivity contribution in [1.29, 1.82) is 0 Å². The topological polar surface area (TPSA) is 98.2 Å². The number of ketones is 1. The van der Waals surface area contributed by atoms with Crippen LogP contribution in [-0.2, 0) is 4.79 Å². The summed E-state index contributed by atoms with van der Waals surface area (Å²) < 4.78 is 0. The summed E-state index contributed by atoms with van der Waals surface area (Å²) in [6, 6.07) is -0.927. The lowest BCUT2D eigenvalue weighted by Crippen LogP contribution is -2.39. The standard InChI is InChI=1S/C11H23N3O2/c1-11(2,3)9(15)8(12)6-4-5-7-14-10(13)16/h8H,4-7,12H2,1-3H3,(H3,13,14,16)/t8-/m0/s1. The lowest BCUT2D eigenvalue weighted by atomic mass is 9.85. The number of carbonyl (C=O) groups excluding carboxylic acids is 2. The Kier molecular flexibility index (Phi) is 6.03. The number of Topliss-reactive ketones (excluding diaryl/α,β-unsaturated/α-hetero) is 1. The summed E-state index contributed by atoms with van der Waals surface area (Å²) in [6.07, 6.45) is 2.24. The molecular weight excluding hydrogens is 206 g/mol. The number of nitrogens with one attached hydrogen (secondary N) is 1. The second-order valence-electron chi connectivity index (χ2n) is 5.01. The predicted molar refractivity (Wildman–Crippen MR) is 63.9 cm³/mol. The first-order valence-electron chi connectivity index (χ1n) is 5.58. The molecule has 0 rings (SSSR count). The molecule has 2 amide bonds. The maximum absolute atomic E-state index is 11.7. The molecule has 0 bridgehead atoms. The van der Waals surface area contributed by atoms with Gasteiger partial charge in [0.05, 0.1) is 6.04 Å².